The number of hydrogen-bond donors (Lipinski definition) is 2. The Labute approximate surface area is 209 Å². The van der Waals surface area contributed by atoms with Gasteiger partial charge in [-0.15, -0.1) is 0 Å². The predicted molar refractivity (Wildman–Crippen MR) is 137 cm³/mol. The summed E-state index contributed by atoms with van der Waals surface area (Å²) in [6.07, 6.45) is 7.29. The zero-order valence-electron chi connectivity index (χ0n) is 21.9. The van der Waals surface area contributed by atoms with Gasteiger partial charge in [0, 0.05) is 49.0 Å². The average molecular weight is 486 g/mol. The van der Waals surface area contributed by atoms with Crippen molar-refractivity contribution in [1.82, 2.24) is 15.2 Å². The van der Waals surface area contributed by atoms with Gasteiger partial charge in [-0.2, -0.15) is 0 Å². The molecule has 0 bridgehead atoms. The standard InChI is InChI=1S/C28H43N3O4/c1-5-31(23-8-12-35-13-9-23)26-16-22(21-6-10-34-11-7-21)15-24(20(26)4)27(32)29-17-25-18(2)14-19(3)30-28(25)33/h6,14,20,22-24,26H,5,7-13,15-17H2,1-4H3,(H,29,32)(H,30,33). The lowest BCUT2D eigenvalue weighted by Gasteiger charge is -2.49. The molecule has 0 spiro atoms. The monoisotopic (exact) mass is 485 g/mol. The van der Waals surface area contributed by atoms with Crippen LogP contribution in [-0.2, 0) is 20.8 Å². The zero-order chi connectivity index (χ0) is 24.9. The molecule has 1 saturated heterocycles. The van der Waals surface area contributed by atoms with Gasteiger partial charge in [-0.05, 0) is 76.0 Å². The molecule has 4 atom stereocenters. The molecule has 0 aromatic carbocycles. The first-order chi connectivity index (χ1) is 16.9. The van der Waals surface area contributed by atoms with Crippen molar-refractivity contribution in [2.45, 2.75) is 78.4 Å². The molecule has 4 unspecified atom stereocenters. The van der Waals surface area contributed by atoms with Crippen LogP contribution in [0.5, 0.6) is 0 Å². The van der Waals surface area contributed by atoms with E-state index in [2.05, 4.69) is 35.1 Å². The molecule has 1 saturated carbocycles. The number of aryl methyl sites for hydroxylation is 2. The Kier molecular flexibility index (Phi) is 8.84. The first kappa shape index (κ1) is 26.1. The van der Waals surface area contributed by atoms with Gasteiger partial charge < -0.3 is 19.8 Å². The Balaban J connectivity index is 1.54. The van der Waals surface area contributed by atoms with Crippen LogP contribution in [0.15, 0.2) is 22.5 Å². The highest BCUT2D eigenvalue weighted by molar-refractivity contribution is 5.79. The molecule has 3 aliphatic rings. The van der Waals surface area contributed by atoms with Crippen molar-refractivity contribution in [3.8, 4) is 0 Å². The number of carbonyl (C=O) groups excluding carboxylic acids is 1. The molecular weight excluding hydrogens is 442 g/mol. The number of aromatic amines is 1. The maximum Gasteiger partial charge on any atom is 0.253 e. The molecular formula is C28H43N3O4. The third-order valence-corrected chi connectivity index (χ3v) is 8.55. The molecule has 7 nitrogen and oxygen atoms in total. The second kappa shape index (κ2) is 11.8. The van der Waals surface area contributed by atoms with Gasteiger partial charge in [0.2, 0.25) is 5.91 Å². The fourth-order valence-electron chi connectivity index (χ4n) is 6.58. The third-order valence-electron chi connectivity index (χ3n) is 8.55. The minimum absolute atomic E-state index is 0.0715. The molecule has 2 aliphatic heterocycles. The van der Waals surface area contributed by atoms with E-state index in [1.54, 1.807) is 0 Å². The number of nitrogens with zero attached hydrogens (tertiary/aromatic N) is 1. The van der Waals surface area contributed by atoms with E-state index in [9.17, 15) is 9.59 Å². The summed E-state index contributed by atoms with van der Waals surface area (Å²) in [7, 11) is 0. The minimum atomic E-state index is -0.112. The van der Waals surface area contributed by atoms with Crippen molar-refractivity contribution in [2.24, 2.45) is 17.8 Å². The first-order valence-corrected chi connectivity index (χ1v) is 13.5. The van der Waals surface area contributed by atoms with E-state index in [4.69, 9.17) is 9.47 Å². The molecule has 7 heteroatoms. The van der Waals surface area contributed by atoms with Gasteiger partial charge in [0.1, 0.15) is 0 Å². The highest BCUT2D eigenvalue weighted by Gasteiger charge is 2.43. The van der Waals surface area contributed by atoms with Gasteiger partial charge in [0.25, 0.3) is 5.56 Å². The fourth-order valence-corrected chi connectivity index (χ4v) is 6.58. The molecule has 2 fully saturated rings. The Morgan fingerprint density at radius 1 is 1.17 bits per heavy atom. The number of carbonyl (C=O) groups is 1. The predicted octanol–water partition coefficient (Wildman–Crippen LogP) is 3.49. The molecule has 1 aromatic heterocycles. The van der Waals surface area contributed by atoms with Crippen LogP contribution in [0.4, 0.5) is 0 Å². The van der Waals surface area contributed by atoms with Crippen molar-refractivity contribution in [3.05, 3.63) is 44.9 Å². The second-order valence-corrected chi connectivity index (χ2v) is 10.6. The van der Waals surface area contributed by atoms with E-state index in [0.29, 0.717) is 30.2 Å². The summed E-state index contributed by atoms with van der Waals surface area (Å²) in [6.45, 7) is 12.7. The summed E-state index contributed by atoms with van der Waals surface area (Å²) >= 11 is 0. The largest absolute Gasteiger partial charge is 0.381 e. The Hall–Kier alpha value is -1.96. The van der Waals surface area contributed by atoms with Crippen LogP contribution < -0.4 is 10.9 Å². The molecule has 3 heterocycles. The SMILES string of the molecule is CCN(C1CCOCC1)C1CC(C2=CCOCC2)CC(C(=O)NCc2c(C)cc(C)[nH]c2=O)C1C. The van der Waals surface area contributed by atoms with Gasteiger partial charge in [-0.3, -0.25) is 14.5 Å². The number of pyridine rings is 1. The van der Waals surface area contributed by atoms with E-state index in [0.717, 1.165) is 69.7 Å². The summed E-state index contributed by atoms with van der Waals surface area (Å²) in [5.41, 5.74) is 3.75. The van der Waals surface area contributed by atoms with E-state index >= 15 is 0 Å². The van der Waals surface area contributed by atoms with Crippen molar-refractivity contribution in [3.63, 3.8) is 0 Å². The number of hydrogen-bond acceptors (Lipinski definition) is 5. The smallest absolute Gasteiger partial charge is 0.253 e. The number of nitrogens with one attached hydrogen (secondary N) is 2. The zero-order valence-corrected chi connectivity index (χ0v) is 21.9. The maximum absolute atomic E-state index is 13.6. The lowest BCUT2D eigenvalue weighted by atomic mass is 9.67. The van der Waals surface area contributed by atoms with Crippen molar-refractivity contribution < 1.29 is 14.3 Å². The summed E-state index contributed by atoms with van der Waals surface area (Å²) in [5.74, 6) is 0.629. The minimum Gasteiger partial charge on any atom is -0.381 e. The second-order valence-electron chi connectivity index (χ2n) is 10.6. The van der Waals surface area contributed by atoms with Gasteiger partial charge >= 0.3 is 0 Å². The Morgan fingerprint density at radius 2 is 1.94 bits per heavy atom. The topological polar surface area (TPSA) is 83.7 Å². The van der Waals surface area contributed by atoms with E-state index < -0.39 is 0 Å². The van der Waals surface area contributed by atoms with Gasteiger partial charge in [-0.25, -0.2) is 0 Å². The molecule has 194 valence electrons. The lowest BCUT2D eigenvalue weighted by Crippen LogP contribution is -2.54. The number of ether oxygens (including phenoxy) is 2. The third kappa shape index (κ3) is 6.07. The first-order valence-electron chi connectivity index (χ1n) is 13.5. The summed E-state index contributed by atoms with van der Waals surface area (Å²) in [5, 5.41) is 3.14. The van der Waals surface area contributed by atoms with Crippen LogP contribution in [-0.4, -0.2) is 60.8 Å². The lowest BCUT2D eigenvalue weighted by molar-refractivity contribution is -0.130. The molecule has 1 amide bonds. The maximum atomic E-state index is 13.6. The highest BCUT2D eigenvalue weighted by atomic mass is 16.5. The van der Waals surface area contributed by atoms with Crippen LogP contribution in [0.1, 0.15) is 62.8 Å². The molecule has 1 aromatic rings. The normalized spacial score (nSPS) is 28.1. The summed E-state index contributed by atoms with van der Waals surface area (Å²) in [4.78, 5) is 31.6. The molecule has 1 aliphatic carbocycles. The van der Waals surface area contributed by atoms with Crippen molar-refractivity contribution in [2.75, 3.05) is 33.0 Å². The van der Waals surface area contributed by atoms with E-state index in [-0.39, 0.29) is 29.8 Å². The van der Waals surface area contributed by atoms with E-state index in [1.165, 1.54) is 5.57 Å². The number of aromatic nitrogens is 1. The van der Waals surface area contributed by atoms with Crippen LogP contribution in [0.2, 0.25) is 0 Å². The molecule has 0 radical (unpaired) electrons. The van der Waals surface area contributed by atoms with Crippen molar-refractivity contribution >= 4 is 5.91 Å². The quantitative estimate of drug-likeness (QED) is 0.578. The van der Waals surface area contributed by atoms with Gasteiger partial charge in [0.05, 0.1) is 13.2 Å². The van der Waals surface area contributed by atoms with Gasteiger partial charge in [0.15, 0.2) is 0 Å². The van der Waals surface area contributed by atoms with Crippen LogP contribution in [0, 0.1) is 31.6 Å². The van der Waals surface area contributed by atoms with Crippen LogP contribution >= 0.6 is 0 Å². The molecule has 2 N–H and O–H groups in total. The fraction of sp³-hybridized carbons (Fsp3) is 0.714. The molecule has 4 rings (SSSR count). The average Bonchev–Trinajstić information content (AvgIpc) is 2.86. The Morgan fingerprint density at radius 3 is 2.60 bits per heavy atom. The number of H-pyrrole nitrogens is 1. The number of amides is 1. The Bertz CT molecular complexity index is 965. The summed E-state index contributed by atoms with van der Waals surface area (Å²) in [6, 6.07) is 2.83. The van der Waals surface area contributed by atoms with Crippen molar-refractivity contribution in [1.29, 1.82) is 0 Å². The van der Waals surface area contributed by atoms with Gasteiger partial charge in [-0.1, -0.05) is 25.5 Å². The van der Waals surface area contributed by atoms with Crippen LogP contribution in [0.25, 0.3) is 0 Å². The molecule has 35 heavy (non-hydrogen) atoms. The summed E-state index contributed by atoms with van der Waals surface area (Å²) < 4.78 is 11.2. The van der Waals surface area contributed by atoms with Crippen LogP contribution in [0.3, 0.4) is 0 Å². The number of rotatable bonds is 7. The highest BCUT2D eigenvalue weighted by Crippen LogP contribution is 2.42. The van der Waals surface area contributed by atoms with E-state index in [1.807, 2.05) is 19.9 Å².